The maximum Gasteiger partial charge on any atom is 0.311 e. The predicted octanol–water partition coefficient (Wildman–Crippen LogP) is 0.936. The van der Waals surface area contributed by atoms with Crippen molar-refractivity contribution in [3.05, 3.63) is 0 Å². The molecule has 0 amide bonds. The number of nitrogens with one attached hydrogen (secondary N) is 1. The zero-order valence-corrected chi connectivity index (χ0v) is 8.46. The number of rotatable bonds is 1. The second-order valence-corrected chi connectivity index (χ2v) is 5.05. The second-order valence-electron chi connectivity index (χ2n) is 5.05. The van der Waals surface area contributed by atoms with Gasteiger partial charge in [-0.15, -0.1) is 0 Å². The summed E-state index contributed by atoms with van der Waals surface area (Å²) in [5, 5.41) is 3.31. The third-order valence-corrected chi connectivity index (χ3v) is 2.67. The van der Waals surface area contributed by atoms with Gasteiger partial charge in [0.25, 0.3) is 0 Å². The molecule has 0 aromatic rings. The normalized spacial score (nSPS) is 37.0. The molecule has 3 nitrogen and oxygen atoms in total. The Labute approximate surface area is 78.8 Å². The van der Waals surface area contributed by atoms with E-state index in [-0.39, 0.29) is 17.5 Å². The monoisotopic (exact) mass is 183 g/mol. The fourth-order valence-corrected chi connectivity index (χ4v) is 1.96. The minimum Gasteiger partial charge on any atom is -0.460 e. The van der Waals surface area contributed by atoms with Gasteiger partial charge in [-0.2, -0.15) is 0 Å². The molecular weight excluding hydrogens is 166 g/mol. The predicted molar refractivity (Wildman–Crippen MR) is 49.2 cm³/mol. The van der Waals surface area contributed by atoms with Crippen LogP contribution < -0.4 is 5.32 Å². The van der Waals surface area contributed by atoms with Crippen molar-refractivity contribution in [2.45, 2.75) is 38.8 Å². The van der Waals surface area contributed by atoms with Gasteiger partial charge in [0.2, 0.25) is 0 Å². The lowest BCUT2D eigenvalue weighted by molar-refractivity contribution is -0.160. The molecule has 3 unspecified atom stereocenters. The molecule has 1 aliphatic carbocycles. The van der Waals surface area contributed by atoms with Gasteiger partial charge in [-0.25, -0.2) is 0 Å². The van der Waals surface area contributed by atoms with Gasteiger partial charge >= 0.3 is 5.97 Å². The van der Waals surface area contributed by atoms with Crippen LogP contribution in [0.1, 0.15) is 27.2 Å². The average Bonchev–Trinajstić information content (AvgIpc) is 2.59. The van der Waals surface area contributed by atoms with Gasteiger partial charge in [0, 0.05) is 12.6 Å². The first-order valence-electron chi connectivity index (χ1n) is 4.93. The van der Waals surface area contributed by atoms with Gasteiger partial charge in [-0.05, 0) is 33.1 Å². The fraction of sp³-hybridized carbons (Fsp3) is 0.900. The van der Waals surface area contributed by atoms with Gasteiger partial charge in [0.05, 0.1) is 5.92 Å². The van der Waals surface area contributed by atoms with Crippen molar-refractivity contribution < 1.29 is 9.53 Å². The van der Waals surface area contributed by atoms with Gasteiger partial charge < -0.3 is 10.1 Å². The topological polar surface area (TPSA) is 38.3 Å². The molecule has 0 aromatic heterocycles. The van der Waals surface area contributed by atoms with Crippen molar-refractivity contribution >= 4 is 5.97 Å². The molecule has 1 saturated carbocycles. The van der Waals surface area contributed by atoms with E-state index in [9.17, 15) is 4.79 Å². The molecule has 3 heteroatoms. The molecule has 1 aliphatic heterocycles. The summed E-state index contributed by atoms with van der Waals surface area (Å²) in [4.78, 5) is 11.6. The summed E-state index contributed by atoms with van der Waals surface area (Å²) in [6.07, 6.45) is 1.16. The molecule has 13 heavy (non-hydrogen) atoms. The summed E-state index contributed by atoms with van der Waals surface area (Å²) in [5.74, 6) is 0.657. The van der Waals surface area contributed by atoms with E-state index in [0.717, 1.165) is 13.0 Å². The van der Waals surface area contributed by atoms with Crippen molar-refractivity contribution in [3.8, 4) is 0 Å². The van der Waals surface area contributed by atoms with E-state index in [1.54, 1.807) is 0 Å². The van der Waals surface area contributed by atoms with E-state index in [2.05, 4.69) is 5.32 Å². The number of carbonyl (C=O) groups is 1. The molecule has 1 N–H and O–H groups in total. The van der Waals surface area contributed by atoms with Gasteiger partial charge in [0.1, 0.15) is 5.60 Å². The van der Waals surface area contributed by atoms with E-state index in [1.165, 1.54) is 0 Å². The summed E-state index contributed by atoms with van der Waals surface area (Å²) in [5.41, 5.74) is -0.343. The second kappa shape index (κ2) is 2.71. The Morgan fingerprint density at radius 2 is 2.15 bits per heavy atom. The molecule has 1 saturated heterocycles. The first-order chi connectivity index (χ1) is 5.97. The Hall–Kier alpha value is -0.570. The molecule has 0 spiro atoms. The molecule has 2 aliphatic rings. The van der Waals surface area contributed by atoms with E-state index in [1.807, 2.05) is 20.8 Å². The Balaban J connectivity index is 1.90. The third kappa shape index (κ3) is 1.85. The number of hydrogen-bond donors (Lipinski definition) is 1. The van der Waals surface area contributed by atoms with Crippen molar-refractivity contribution in [2.75, 3.05) is 6.54 Å². The first kappa shape index (κ1) is 9.00. The van der Waals surface area contributed by atoms with E-state index in [4.69, 9.17) is 4.74 Å². The lowest BCUT2D eigenvalue weighted by atomic mass is 10.1. The van der Waals surface area contributed by atoms with Gasteiger partial charge in [-0.1, -0.05) is 0 Å². The maximum absolute atomic E-state index is 11.6. The molecule has 3 atom stereocenters. The highest BCUT2D eigenvalue weighted by atomic mass is 16.6. The third-order valence-electron chi connectivity index (χ3n) is 2.67. The lowest BCUT2D eigenvalue weighted by Crippen LogP contribution is -2.31. The van der Waals surface area contributed by atoms with Crippen LogP contribution in [0.2, 0.25) is 0 Å². The summed E-state index contributed by atoms with van der Waals surface area (Å²) in [7, 11) is 0. The highest BCUT2D eigenvalue weighted by Crippen LogP contribution is 2.43. The number of carbonyl (C=O) groups excluding carboxylic acids is 1. The lowest BCUT2D eigenvalue weighted by Gasteiger charge is -2.22. The fourth-order valence-electron chi connectivity index (χ4n) is 1.96. The zero-order chi connectivity index (χ0) is 9.64. The van der Waals surface area contributed by atoms with Crippen molar-refractivity contribution in [1.29, 1.82) is 0 Å². The number of piperidine rings is 1. The molecule has 74 valence electrons. The van der Waals surface area contributed by atoms with Crippen molar-refractivity contribution in [3.63, 3.8) is 0 Å². The van der Waals surface area contributed by atoms with Crippen LogP contribution in [-0.4, -0.2) is 24.2 Å². The molecule has 0 radical (unpaired) electrons. The van der Waals surface area contributed by atoms with E-state index in [0.29, 0.717) is 12.0 Å². The largest absolute Gasteiger partial charge is 0.460 e. The van der Waals surface area contributed by atoms with Crippen LogP contribution in [0.15, 0.2) is 0 Å². The molecule has 2 rings (SSSR count). The Morgan fingerprint density at radius 3 is 2.54 bits per heavy atom. The Morgan fingerprint density at radius 1 is 1.46 bits per heavy atom. The highest BCUT2D eigenvalue weighted by Gasteiger charge is 2.52. The van der Waals surface area contributed by atoms with E-state index < -0.39 is 0 Å². The summed E-state index contributed by atoms with van der Waals surface area (Å²) >= 11 is 0. The molecule has 0 aromatic carbocycles. The summed E-state index contributed by atoms with van der Waals surface area (Å²) in [6.45, 7) is 6.55. The number of hydrogen-bond acceptors (Lipinski definition) is 3. The maximum atomic E-state index is 11.6. The van der Waals surface area contributed by atoms with Crippen molar-refractivity contribution in [2.24, 2.45) is 11.8 Å². The smallest absolute Gasteiger partial charge is 0.311 e. The first-order valence-corrected chi connectivity index (χ1v) is 4.93. The van der Waals surface area contributed by atoms with Crippen molar-refractivity contribution in [1.82, 2.24) is 5.32 Å². The number of ether oxygens (including phenoxy) is 1. The minimum absolute atomic E-state index is 0.0231. The molecular formula is C10H17NO2. The number of fused-ring (bicyclic) bond motifs is 1. The summed E-state index contributed by atoms with van der Waals surface area (Å²) in [6, 6.07) is 0.609. The quantitative estimate of drug-likeness (QED) is 0.615. The van der Waals surface area contributed by atoms with Gasteiger partial charge in [0.15, 0.2) is 0 Å². The van der Waals surface area contributed by atoms with Gasteiger partial charge in [-0.3, -0.25) is 4.79 Å². The van der Waals surface area contributed by atoms with Crippen LogP contribution >= 0.6 is 0 Å². The average molecular weight is 183 g/mol. The molecule has 1 heterocycles. The minimum atomic E-state index is -0.343. The van der Waals surface area contributed by atoms with Crippen LogP contribution in [0, 0.1) is 11.8 Å². The van der Waals surface area contributed by atoms with E-state index >= 15 is 0 Å². The highest BCUT2D eigenvalue weighted by molar-refractivity contribution is 5.74. The van der Waals surface area contributed by atoms with Crippen LogP contribution in [-0.2, 0) is 9.53 Å². The molecule has 0 bridgehead atoms. The van der Waals surface area contributed by atoms with Crippen LogP contribution in [0.3, 0.4) is 0 Å². The van der Waals surface area contributed by atoms with Crippen LogP contribution in [0.5, 0.6) is 0 Å². The summed E-state index contributed by atoms with van der Waals surface area (Å²) < 4.78 is 5.34. The van der Waals surface area contributed by atoms with Crippen LogP contribution in [0.25, 0.3) is 0 Å². The van der Waals surface area contributed by atoms with Crippen LogP contribution in [0.4, 0.5) is 0 Å². The standard InChI is InChI=1S/C10H17NO2/c1-10(2,3)13-9(12)7-5-11-8-4-6(7)8/h6-8,11H,4-5H2,1-3H3. The molecule has 2 fully saturated rings. The Bertz CT molecular complexity index is 232. The zero-order valence-electron chi connectivity index (χ0n) is 8.46. The number of esters is 1. The Kier molecular flexibility index (Phi) is 1.88. The SMILES string of the molecule is CC(C)(C)OC(=O)C1CNC2CC21.